The number of aldehydes is 1. The van der Waals surface area contributed by atoms with E-state index < -0.39 is 0 Å². The van der Waals surface area contributed by atoms with Gasteiger partial charge in [0.15, 0.2) is 17.8 Å². The van der Waals surface area contributed by atoms with Crippen LogP contribution in [0.1, 0.15) is 22.6 Å². The lowest BCUT2D eigenvalue weighted by Gasteiger charge is -1.91. The fraction of sp³-hybridized carbons (Fsp3) is 0.300. The quantitative estimate of drug-likeness (QED) is 0.736. The molecule has 0 saturated carbocycles. The number of hydrogen-bond donors (Lipinski definition) is 1. The summed E-state index contributed by atoms with van der Waals surface area (Å²) < 4.78 is 1.58. The van der Waals surface area contributed by atoms with E-state index in [1.54, 1.807) is 22.8 Å². The summed E-state index contributed by atoms with van der Waals surface area (Å²) in [5.74, 6) is 0.687. The van der Waals surface area contributed by atoms with Crippen LogP contribution < -0.4 is 0 Å². The van der Waals surface area contributed by atoms with Gasteiger partial charge in [0, 0.05) is 24.8 Å². The first-order valence-corrected chi connectivity index (χ1v) is 4.75. The Kier molecular flexibility index (Phi) is 2.73. The standard InChI is InChI=1S/C10H11N3O2/c14-5-1-2-9-11-10-4-3-8(7-15)6-13(10)12-9/h3-4,6-7,14H,1-2,5H2. The second-order valence-corrected chi connectivity index (χ2v) is 3.24. The Morgan fingerprint density at radius 1 is 1.47 bits per heavy atom. The molecule has 0 bridgehead atoms. The zero-order valence-electron chi connectivity index (χ0n) is 8.13. The lowest BCUT2D eigenvalue weighted by atomic mass is 10.3. The summed E-state index contributed by atoms with van der Waals surface area (Å²) in [6.07, 6.45) is 3.71. The van der Waals surface area contributed by atoms with Crippen LogP contribution in [0.25, 0.3) is 5.65 Å². The minimum atomic E-state index is 0.134. The van der Waals surface area contributed by atoms with E-state index in [0.717, 1.165) is 6.29 Å². The fourth-order valence-electron chi connectivity index (χ4n) is 1.36. The maximum Gasteiger partial charge on any atom is 0.155 e. The van der Waals surface area contributed by atoms with Crippen LogP contribution in [-0.4, -0.2) is 32.6 Å². The molecule has 78 valence electrons. The number of fused-ring (bicyclic) bond motifs is 1. The molecular formula is C10H11N3O2. The number of aliphatic hydroxyl groups is 1. The lowest BCUT2D eigenvalue weighted by molar-refractivity contribution is 0.112. The molecule has 2 aromatic rings. The summed E-state index contributed by atoms with van der Waals surface area (Å²) in [5.41, 5.74) is 1.29. The van der Waals surface area contributed by atoms with Crippen LogP contribution >= 0.6 is 0 Å². The summed E-state index contributed by atoms with van der Waals surface area (Å²) in [7, 11) is 0. The van der Waals surface area contributed by atoms with Crippen molar-refractivity contribution in [2.45, 2.75) is 12.8 Å². The van der Waals surface area contributed by atoms with E-state index in [9.17, 15) is 4.79 Å². The molecule has 0 fully saturated rings. The Bertz CT molecular complexity index is 478. The van der Waals surface area contributed by atoms with Gasteiger partial charge in [-0.25, -0.2) is 9.50 Å². The molecule has 0 aliphatic rings. The molecule has 0 amide bonds. The molecule has 0 atom stereocenters. The summed E-state index contributed by atoms with van der Waals surface area (Å²) >= 11 is 0. The molecule has 5 nitrogen and oxygen atoms in total. The number of aliphatic hydroxyl groups excluding tert-OH is 1. The molecular weight excluding hydrogens is 194 g/mol. The summed E-state index contributed by atoms with van der Waals surface area (Å²) in [6, 6.07) is 3.45. The van der Waals surface area contributed by atoms with Gasteiger partial charge in [0.05, 0.1) is 0 Å². The van der Waals surface area contributed by atoms with Gasteiger partial charge in [-0.1, -0.05) is 0 Å². The minimum Gasteiger partial charge on any atom is -0.396 e. The third-order valence-electron chi connectivity index (χ3n) is 2.09. The Morgan fingerprint density at radius 3 is 3.07 bits per heavy atom. The van der Waals surface area contributed by atoms with Crippen LogP contribution in [0.5, 0.6) is 0 Å². The number of aromatic nitrogens is 3. The zero-order chi connectivity index (χ0) is 10.7. The SMILES string of the molecule is O=Cc1ccc2nc(CCCO)nn2c1. The molecule has 5 heteroatoms. The third-order valence-corrected chi connectivity index (χ3v) is 2.09. The van der Waals surface area contributed by atoms with Gasteiger partial charge in [0.2, 0.25) is 0 Å². The molecule has 0 spiro atoms. The second-order valence-electron chi connectivity index (χ2n) is 3.24. The predicted molar refractivity (Wildman–Crippen MR) is 53.8 cm³/mol. The molecule has 15 heavy (non-hydrogen) atoms. The topological polar surface area (TPSA) is 67.5 Å². The van der Waals surface area contributed by atoms with Gasteiger partial charge in [-0.3, -0.25) is 4.79 Å². The zero-order valence-corrected chi connectivity index (χ0v) is 8.13. The van der Waals surface area contributed by atoms with Crippen LogP contribution in [0, 0.1) is 0 Å². The van der Waals surface area contributed by atoms with Crippen molar-refractivity contribution in [1.29, 1.82) is 0 Å². The second kappa shape index (κ2) is 4.18. The van der Waals surface area contributed by atoms with Crippen molar-refractivity contribution in [3.63, 3.8) is 0 Å². The highest BCUT2D eigenvalue weighted by Crippen LogP contribution is 2.04. The lowest BCUT2D eigenvalue weighted by Crippen LogP contribution is -1.93. The monoisotopic (exact) mass is 205 g/mol. The van der Waals surface area contributed by atoms with Crippen LogP contribution in [0.4, 0.5) is 0 Å². The normalized spacial score (nSPS) is 10.7. The predicted octanol–water partition coefficient (Wildman–Crippen LogP) is 0.467. The number of carbonyl (C=O) groups excluding carboxylic acids is 1. The number of rotatable bonds is 4. The van der Waals surface area contributed by atoms with E-state index in [2.05, 4.69) is 10.1 Å². The van der Waals surface area contributed by atoms with E-state index >= 15 is 0 Å². The van der Waals surface area contributed by atoms with E-state index in [4.69, 9.17) is 5.11 Å². The summed E-state index contributed by atoms with van der Waals surface area (Å²) in [4.78, 5) is 14.8. The average Bonchev–Trinajstić information content (AvgIpc) is 2.67. The van der Waals surface area contributed by atoms with E-state index in [0.29, 0.717) is 29.9 Å². The van der Waals surface area contributed by atoms with Gasteiger partial charge in [-0.2, -0.15) is 5.10 Å². The van der Waals surface area contributed by atoms with E-state index in [-0.39, 0.29) is 6.61 Å². The van der Waals surface area contributed by atoms with Crippen molar-refractivity contribution >= 4 is 11.9 Å². The highest BCUT2D eigenvalue weighted by molar-refractivity contribution is 5.74. The largest absolute Gasteiger partial charge is 0.396 e. The first-order valence-electron chi connectivity index (χ1n) is 4.75. The molecule has 2 rings (SSSR count). The first kappa shape index (κ1) is 9.79. The van der Waals surface area contributed by atoms with Gasteiger partial charge in [0.25, 0.3) is 0 Å². The van der Waals surface area contributed by atoms with Crippen molar-refractivity contribution < 1.29 is 9.90 Å². The minimum absolute atomic E-state index is 0.134. The van der Waals surface area contributed by atoms with Crippen LogP contribution in [-0.2, 0) is 6.42 Å². The first-order chi connectivity index (χ1) is 7.33. The molecule has 0 aliphatic heterocycles. The number of carbonyl (C=O) groups is 1. The molecule has 0 saturated heterocycles. The number of aryl methyl sites for hydroxylation is 1. The van der Waals surface area contributed by atoms with Crippen molar-refractivity contribution in [2.24, 2.45) is 0 Å². The maximum absolute atomic E-state index is 10.5. The van der Waals surface area contributed by atoms with Crippen LogP contribution in [0.3, 0.4) is 0 Å². The number of pyridine rings is 1. The summed E-state index contributed by atoms with van der Waals surface area (Å²) in [6.45, 7) is 0.134. The van der Waals surface area contributed by atoms with Crippen molar-refractivity contribution in [3.8, 4) is 0 Å². The van der Waals surface area contributed by atoms with Gasteiger partial charge in [-0.15, -0.1) is 0 Å². The molecule has 2 heterocycles. The smallest absolute Gasteiger partial charge is 0.155 e. The van der Waals surface area contributed by atoms with Gasteiger partial charge in [-0.05, 0) is 18.6 Å². The van der Waals surface area contributed by atoms with Crippen molar-refractivity contribution in [3.05, 3.63) is 29.7 Å². The van der Waals surface area contributed by atoms with Gasteiger partial charge < -0.3 is 5.11 Å². The molecule has 0 radical (unpaired) electrons. The van der Waals surface area contributed by atoms with Crippen molar-refractivity contribution in [2.75, 3.05) is 6.61 Å². The van der Waals surface area contributed by atoms with Gasteiger partial charge >= 0.3 is 0 Å². The number of hydrogen-bond acceptors (Lipinski definition) is 4. The highest BCUT2D eigenvalue weighted by Gasteiger charge is 2.03. The molecule has 0 aromatic carbocycles. The Balaban J connectivity index is 2.33. The third kappa shape index (κ3) is 2.02. The highest BCUT2D eigenvalue weighted by atomic mass is 16.2. The van der Waals surface area contributed by atoms with E-state index in [1.807, 2.05) is 0 Å². The molecule has 0 aliphatic carbocycles. The fourth-order valence-corrected chi connectivity index (χ4v) is 1.36. The Labute approximate surface area is 86.4 Å². The molecule has 0 unspecified atom stereocenters. The number of nitrogens with zero attached hydrogens (tertiary/aromatic N) is 3. The maximum atomic E-state index is 10.5. The van der Waals surface area contributed by atoms with E-state index in [1.165, 1.54) is 0 Å². The Morgan fingerprint density at radius 2 is 2.33 bits per heavy atom. The molecule has 2 aromatic heterocycles. The average molecular weight is 205 g/mol. The van der Waals surface area contributed by atoms with Gasteiger partial charge in [0.1, 0.15) is 0 Å². The Hall–Kier alpha value is -1.75. The summed E-state index contributed by atoms with van der Waals surface area (Å²) in [5, 5.41) is 12.9. The van der Waals surface area contributed by atoms with Crippen LogP contribution in [0.2, 0.25) is 0 Å². The van der Waals surface area contributed by atoms with Crippen LogP contribution in [0.15, 0.2) is 18.3 Å². The van der Waals surface area contributed by atoms with Crippen molar-refractivity contribution in [1.82, 2.24) is 14.6 Å². The molecule has 1 N–H and O–H groups in total.